The van der Waals surface area contributed by atoms with Gasteiger partial charge in [-0.3, -0.25) is 11.3 Å². The zero-order valence-corrected chi connectivity index (χ0v) is 6.78. The van der Waals surface area contributed by atoms with Crippen molar-refractivity contribution < 1.29 is 0 Å². The number of hydrogen-bond acceptors (Lipinski definition) is 2. The summed E-state index contributed by atoms with van der Waals surface area (Å²) in [5.41, 5.74) is 3.99. The van der Waals surface area contributed by atoms with Crippen LogP contribution in [0.3, 0.4) is 0 Å². The molecule has 2 nitrogen and oxygen atoms in total. The number of nitrogens with one attached hydrogen (secondary N) is 1. The first-order valence-electron chi connectivity index (χ1n) is 4.10. The number of hydrogen-bond donors (Lipinski definition) is 2. The van der Waals surface area contributed by atoms with Gasteiger partial charge in [-0.25, -0.2) is 0 Å². The van der Waals surface area contributed by atoms with Gasteiger partial charge < -0.3 is 0 Å². The summed E-state index contributed by atoms with van der Waals surface area (Å²) in [5, 5.41) is 0. The van der Waals surface area contributed by atoms with Gasteiger partial charge in [0.05, 0.1) is 0 Å². The van der Waals surface area contributed by atoms with E-state index < -0.39 is 0 Å². The molecule has 0 unspecified atom stereocenters. The van der Waals surface area contributed by atoms with Gasteiger partial charge in [-0.1, -0.05) is 13.8 Å². The standard InChI is InChI=1S/C8H16N2/c1-6(2)7-3-8(4-7,5-7)10-9/h6,10H,3-5,9H2,1-2H3. The molecule has 3 aliphatic rings. The third-order valence-corrected chi connectivity index (χ3v) is 3.60. The second-order valence-electron chi connectivity index (χ2n) is 4.47. The Bertz CT molecular complexity index is 143. The molecule has 58 valence electrons. The first-order chi connectivity index (χ1) is 4.63. The lowest BCUT2D eigenvalue weighted by Crippen LogP contribution is -2.76. The van der Waals surface area contributed by atoms with E-state index in [1.54, 1.807) is 0 Å². The molecule has 3 aliphatic carbocycles. The summed E-state index contributed by atoms with van der Waals surface area (Å²) >= 11 is 0. The van der Waals surface area contributed by atoms with Crippen molar-refractivity contribution in [2.24, 2.45) is 17.2 Å². The fraction of sp³-hybridized carbons (Fsp3) is 1.00. The van der Waals surface area contributed by atoms with Crippen LogP contribution in [0.4, 0.5) is 0 Å². The van der Waals surface area contributed by atoms with Gasteiger partial charge in [0.15, 0.2) is 0 Å². The summed E-state index contributed by atoms with van der Waals surface area (Å²) in [4.78, 5) is 0. The average molecular weight is 140 g/mol. The lowest BCUT2D eigenvalue weighted by Gasteiger charge is -2.72. The maximum atomic E-state index is 5.42. The SMILES string of the molecule is CC(C)C12CC(NN)(C1)C2. The Kier molecular flexibility index (Phi) is 1.03. The first-order valence-corrected chi connectivity index (χ1v) is 4.10. The van der Waals surface area contributed by atoms with Crippen LogP contribution in [-0.4, -0.2) is 5.54 Å². The monoisotopic (exact) mass is 140 g/mol. The van der Waals surface area contributed by atoms with E-state index in [-0.39, 0.29) is 0 Å². The average Bonchev–Trinajstić information content (AvgIpc) is 1.57. The van der Waals surface area contributed by atoms with E-state index in [0.29, 0.717) is 11.0 Å². The molecule has 10 heavy (non-hydrogen) atoms. The molecule has 0 amide bonds. The lowest BCUT2D eigenvalue weighted by molar-refractivity contribution is -0.183. The van der Waals surface area contributed by atoms with Gasteiger partial charge >= 0.3 is 0 Å². The van der Waals surface area contributed by atoms with E-state index in [4.69, 9.17) is 5.84 Å². The van der Waals surface area contributed by atoms with Crippen LogP contribution in [0, 0.1) is 11.3 Å². The highest BCUT2D eigenvalue weighted by molar-refractivity contribution is 5.22. The van der Waals surface area contributed by atoms with Gasteiger partial charge in [0.1, 0.15) is 0 Å². The molecular formula is C8H16N2. The quantitative estimate of drug-likeness (QED) is 0.444. The fourth-order valence-corrected chi connectivity index (χ4v) is 2.63. The Morgan fingerprint density at radius 1 is 1.30 bits per heavy atom. The van der Waals surface area contributed by atoms with Crippen LogP contribution in [0.2, 0.25) is 0 Å². The minimum absolute atomic E-state index is 0.379. The van der Waals surface area contributed by atoms with E-state index >= 15 is 0 Å². The number of rotatable bonds is 2. The van der Waals surface area contributed by atoms with Crippen LogP contribution in [0.25, 0.3) is 0 Å². The van der Waals surface area contributed by atoms with E-state index in [0.717, 1.165) is 5.92 Å². The topological polar surface area (TPSA) is 38.0 Å². The number of nitrogens with two attached hydrogens (primary N) is 1. The second kappa shape index (κ2) is 1.56. The molecule has 0 saturated heterocycles. The summed E-state index contributed by atoms with van der Waals surface area (Å²) < 4.78 is 0. The summed E-state index contributed by atoms with van der Waals surface area (Å²) in [6.07, 6.45) is 3.94. The highest BCUT2D eigenvalue weighted by Crippen LogP contribution is 2.70. The van der Waals surface area contributed by atoms with E-state index in [2.05, 4.69) is 19.3 Å². The predicted molar refractivity (Wildman–Crippen MR) is 41.2 cm³/mol. The van der Waals surface area contributed by atoms with Gasteiger partial charge in [-0.2, -0.15) is 0 Å². The smallest absolute Gasteiger partial charge is 0.0337 e. The Morgan fingerprint density at radius 2 is 1.80 bits per heavy atom. The molecule has 3 fully saturated rings. The first kappa shape index (κ1) is 6.62. The van der Waals surface area contributed by atoms with Crippen LogP contribution in [0.15, 0.2) is 0 Å². The van der Waals surface area contributed by atoms with Crippen molar-refractivity contribution in [1.82, 2.24) is 5.43 Å². The molecule has 3 rings (SSSR count). The Balaban J connectivity index is 1.98. The van der Waals surface area contributed by atoms with Crippen LogP contribution in [0.1, 0.15) is 33.1 Å². The highest BCUT2D eigenvalue weighted by atomic mass is 15.3. The van der Waals surface area contributed by atoms with Crippen LogP contribution >= 0.6 is 0 Å². The maximum absolute atomic E-state index is 5.42. The van der Waals surface area contributed by atoms with Crippen molar-refractivity contribution in [3.63, 3.8) is 0 Å². The minimum atomic E-state index is 0.379. The molecule has 3 N–H and O–H groups in total. The zero-order chi connectivity index (χ0) is 7.41. The van der Waals surface area contributed by atoms with E-state index in [1.807, 2.05) is 0 Å². The van der Waals surface area contributed by atoms with Gasteiger partial charge in [0, 0.05) is 5.54 Å². The second-order valence-corrected chi connectivity index (χ2v) is 4.47. The molecule has 0 heterocycles. The third-order valence-electron chi connectivity index (χ3n) is 3.60. The lowest BCUT2D eigenvalue weighted by atomic mass is 9.36. The fourth-order valence-electron chi connectivity index (χ4n) is 2.63. The van der Waals surface area contributed by atoms with Crippen molar-refractivity contribution >= 4 is 0 Å². The third kappa shape index (κ3) is 0.523. The molecule has 3 saturated carbocycles. The van der Waals surface area contributed by atoms with Gasteiger partial charge in [0.25, 0.3) is 0 Å². The molecule has 0 radical (unpaired) electrons. The highest BCUT2D eigenvalue weighted by Gasteiger charge is 2.68. The van der Waals surface area contributed by atoms with Crippen molar-refractivity contribution in [3.8, 4) is 0 Å². The van der Waals surface area contributed by atoms with E-state index in [1.165, 1.54) is 19.3 Å². The predicted octanol–water partition coefficient (Wildman–Crippen LogP) is 1.03. The molecule has 0 aromatic carbocycles. The summed E-state index contributed by atoms with van der Waals surface area (Å²) in [7, 11) is 0. The van der Waals surface area contributed by atoms with Gasteiger partial charge in [-0.05, 0) is 30.6 Å². The molecule has 0 spiro atoms. The Hall–Kier alpha value is -0.0800. The Morgan fingerprint density at radius 3 is 2.10 bits per heavy atom. The molecule has 0 aromatic rings. The minimum Gasteiger partial charge on any atom is -0.271 e. The molecule has 0 aliphatic heterocycles. The molecule has 2 bridgehead atoms. The normalized spacial score (nSPS) is 50.4. The summed E-state index contributed by atoms with van der Waals surface area (Å²) in [6, 6.07) is 0. The summed E-state index contributed by atoms with van der Waals surface area (Å²) in [6.45, 7) is 4.64. The summed E-state index contributed by atoms with van der Waals surface area (Å²) in [5.74, 6) is 6.26. The van der Waals surface area contributed by atoms with E-state index in [9.17, 15) is 0 Å². The van der Waals surface area contributed by atoms with Crippen LogP contribution in [0.5, 0.6) is 0 Å². The van der Waals surface area contributed by atoms with Crippen LogP contribution in [-0.2, 0) is 0 Å². The number of hydrazine groups is 1. The molecule has 2 heteroatoms. The van der Waals surface area contributed by atoms with Gasteiger partial charge in [0.2, 0.25) is 0 Å². The van der Waals surface area contributed by atoms with Crippen molar-refractivity contribution in [1.29, 1.82) is 0 Å². The van der Waals surface area contributed by atoms with Crippen molar-refractivity contribution in [2.45, 2.75) is 38.6 Å². The molecule has 0 aromatic heterocycles. The zero-order valence-electron chi connectivity index (χ0n) is 6.78. The maximum Gasteiger partial charge on any atom is 0.0337 e. The largest absolute Gasteiger partial charge is 0.271 e. The van der Waals surface area contributed by atoms with Gasteiger partial charge in [-0.15, -0.1) is 0 Å². The van der Waals surface area contributed by atoms with Crippen LogP contribution < -0.4 is 11.3 Å². The van der Waals surface area contributed by atoms with Crippen molar-refractivity contribution in [3.05, 3.63) is 0 Å². The molecule has 0 atom stereocenters. The molecular weight excluding hydrogens is 124 g/mol. The Labute approximate surface area is 62.1 Å². The van der Waals surface area contributed by atoms with Crippen molar-refractivity contribution in [2.75, 3.05) is 0 Å².